The highest BCUT2D eigenvalue weighted by Gasteiger charge is 2.12. The van der Waals surface area contributed by atoms with Gasteiger partial charge >= 0.3 is 0 Å². The second-order valence-corrected chi connectivity index (χ2v) is 4.22. The highest BCUT2D eigenvalue weighted by Crippen LogP contribution is 2.35. The molecule has 0 saturated carbocycles. The SMILES string of the molecule is CCc1ccc(OC)c(-c2cc(N)nnc2Cl)c1. The van der Waals surface area contributed by atoms with Crippen LogP contribution < -0.4 is 10.5 Å². The summed E-state index contributed by atoms with van der Waals surface area (Å²) in [6.45, 7) is 2.09. The molecule has 0 spiro atoms. The fourth-order valence-corrected chi connectivity index (χ4v) is 1.96. The van der Waals surface area contributed by atoms with Gasteiger partial charge in [-0.15, -0.1) is 10.2 Å². The molecule has 2 rings (SSSR count). The molecule has 0 atom stereocenters. The zero-order valence-corrected chi connectivity index (χ0v) is 11.0. The van der Waals surface area contributed by atoms with Crippen LogP contribution in [0.4, 0.5) is 5.82 Å². The Morgan fingerprint density at radius 1 is 1.22 bits per heavy atom. The third kappa shape index (κ3) is 2.38. The zero-order chi connectivity index (χ0) is 13.1. The van der Waals surface area contributed by atoms with Crippen LogP contribution in [0, 0.1) is 0 Å². The van der Waals surface area contributed by atoms with Crippen LogP contribution in [0.5, 0.6) is 5.75 Å². The van der Waals surface area contributed by atoms with E-state index in [1.165, 1.54) is 5.56 Å². The van der Waals surface area contributed by atoms with Crippen molar-refractivity contribution in [3.05, 3.63) is 35.0 Å². The maximum atomic E-state index is 6.07. The van der Waals surface area contributed by atoms with Gasteiger partial charge in [0.25, 0.3) is 0 Å². The molecule has 0 bridgehead atoms. The molecule has 0 aliphatic heterocycles. The number of aromatic nitrogens is 2. The van der Waals surface area contributed by atoms with Gasteiger partial charge in [-0.2, -0.15) is 0 Å². The number of hydrogen-bond acceptors (Lipinski definition) is 4. The molecule has 1 aromatic heterocycles. The lowest BCUT2D eigenvalue weighted by Crippen LogP contribution is -1.97. The lowest BCUT2D eigenvalue weighted by atomic mass is 10.0. The van der Waals surface area contributed by atoms with Gasteiger partial charge in [0.1, 0.15) is 11.6 Å². The van der Waals surface area contributed by atoms with Crippen LogP contribution in [-0.2, 0) is 6.42 Å². The number of rotatable bonds is 3. The van der Waals surface area contributed by atoms with Gasteiger partial charge in [0, 0.05) is 11.1 Å². The predicted molar refractivity (Wildman–Crippen MR) is 72.8 cm³/mol. The van der Waals surface area contributed by atoms with E-state index in [0.29, 0.717) is 11.0 Å². The van der Waals surface area contributed by atoms with Gasteiger partial charge in [-0.3, -0.25) is 0 Å². The largest absolute Gasteiger partial charge is 0.496 e. The molecule has 2 aromatic rings. The Bertz CT molecular complexity index is 572. The van der Waals surface area contributed by atoms with Crippen LogP contribution in [0.2, 0.25) is 5.15 Å². The molecule has 94 valence electrons. The Morgan fingerprint density at radius 3 is 2.67 bits per heavy atom. The monoisotopic (exact) mass is 263 g/mol. The third-order valence-electron chi connectivity index (χ3n) is 2.73. The fourth-order valence-electron chi connectivity index (χ4n) is 1.77. The smallest absolute Gasteiger partial charge is 0.159 e. The standard InChI is InChI=1S/C13H14ClN3O/c1-3-8-4-5-11(18-2)9(6-8)10-7-12(15)16-17-13(10)14/h4-7H,3H2,1-2H3,(H2,15,16). The van der Waals surface area contributed by atoms with Crippen LogP contribution >= 0.6 is 11.6 Å². The quantitative estimate of drug-likeness (QED) is 0.925. The van der Waals surface area contributed by atoms with E-state index in [1.54, 1.807) is 13.2 Å². The van der Waals surface area contributed by atoms with E-state index < -0.39 is 0 Å². The van der Waals surface area contributed by atoms with Crippen molar-refractivity contribution in [2.45, 2.75) is 13.3 Å². The highest BCUT2D eigenvalue weighted by molar-refractivity contribution is 6.32. The van der Waals surface area contributed by atoms with Gasteiger partial charge in [0.15, 0.2) is 5.15 Å². The molecular formula is C13H14ClN3O. The van der Waals surface area contributed by atoms with Crippen LogP contribution in [0.25, 0.3) is 11.1 Å². The number of nitrogen functional groups attached to an aromatic ring is 1. The van der Waals surface area contributed by atoms with E-state index in [-0.39, 0.29) is 0 Å². The Kier molecular flexibility index (Phi) is 3.67. The summed E-state index contributed by atoms with van der Waals surface area (Å²) in [5.74, 6) is 1.07. The number of halogens is 1. The lowest BCUT2D eigenvalue weighted by Gasteiger charge is -2.11. The summed E-state index contributed by atoms with van der Waals surface area (Å²) in [5.41, 5.74) is 8.46. The minimum atomic E-state index is 0.316. The molecule has 0 saturated heterocycles. The summed E-state index contributed by atoms with van der Waals surface area (Å²) >= 11 is 6.07. The van der Waals surface area contributed by atoms with Gasteiger partial charge in [-0.25, -0.2) is 0 Å². The molecule has 0 aliphatic rings. The Morgan fingerprint density at radius 2 is 2.00 bits per heavy atom. The second-order valence-electron chi connectivity index (χ2n) is 3.86. The van der Waals surface area contributed by atoms with E-state index in [1.807, 2.05) is 18.2 Å². The van der Waals surface area contributed by atoms with E-state index in [0.717, 1.165) is 23.3 Å². The molecule has 0 unspecified atom stereocenters. The fraction of sp³-hybridized carbons (Fsp3) is 0.231. The van der Waals surface area contributed by atoms with Crippen molar-refractivity contribution in [2.24, 2.45) is 0 Å². The average Bonchev–Trinajstić information content (AvgIpc) is 2.40. The number of benzene rings is 1. The Balaban J connectivity index is 2.64. The molecule has 5 heteroatoms. The number of ether oxygens (including phenoxy) is 1. The summed E-state index contributed by atoms with van der Waals surface area (Å²) in [6.07, 6.45) is 0.933. The van der Waals surface area contributed by atoms with E-state index in [2.05, 4.69) is 17.1 Å². The number of hydrogen-bond donors (Lipinski definition) is 1. The number of nitrogens with two attached hydrogens (primary N) is 1. The van der Waals surface area contributed by atoms with Crippen molar-refractivity contribution in [2.75, 3.05) is 12.8 Å². The first-order chi connectivity index (χ1) is 8.65. The van der Waals surface area contributed by atoms with Crippen LogP contribution in [0.15, 0.2) is 24.3 Å². The average molecular weight is 264 g/mol. The normalized spacial score (nSPS) is 10.4. The number of methoxy groups -OCH3 is 1. The number of nitrogens with zero attached hydrogens (tertiary/aromatic N) is 2. The van der Waals surface area contributed by atoms with Crippen molar-refractivity contribution in [3.8, 4) is 16.9 Å². The highest BCUT2D eigenvalue weighted by atomic mass is 35.5. The lowest BCUT2D eigenvalue weighted by molar-refractivity contribution is 0.416. The van der Waals surface area contributed by atoms with Gasteiger partial charge in [0.05, 0.1) is 7.11 Å². The summed E-state index contributed by atoms with van der Waals surface area (Å²) in [5, 5.41) is 7.85. The van der Waals surface area contributed by atoms with Crippen LogP contribution in [0.1, 0.15) is 12.5 Å². The summed E-state index contributed by atoms with van der Waals surface area (Å²) in [4.78, 5) is 0. The maximum absolute atomic E-state index is 6.07. The molecule has 1 aromatic carbocycles. The first-order valence-corrected chi connectivity index (χ1v) is 5.99. The van der Waals surface area contributed by atoms with Crippen molar-refractivity contribution in [3.63, 3.8) is 0 Å². The molecule has 0 aliphatic carbocycles. The molecule has 18 heavy (non-hydrogen) atoms. The van der Waals surface area contributed by atoms with Crippen molar-refractivity contribution < 1.29 is 4.74 Å². The minimum absolute atomic E-state index is 0.316. The summed E-state index contributed by atoms with van der Waals surface area (Å²) in [6, 6.07) is 7.67. The van der Waals surface area contributed by atoms with Crippen molar-refractivity contribution in [1.82, 2.24) is 10.2 Å². The third-order valence-corrected chi connectivity index (χ3v) is 3.01. The number of anilines is 1. The second kappa shape index (κ2) is 5.23. The van der Waals surface area contributed by atoms with Gasteiger partial charge in [-0.1, -0.05) is 24.6 Å². The summed E-state index contributed by atoms with van der Waals surface area (Å²) < 4.78 is 5.35. The van der Waals surface area contributed by atoms with Crippen molar-refractivity contribution >= 4 is 17.4 Å². The van der Waals surface area contributed by atoms with Crippen LogP contribution in [-0.4, -0.2) is 17.3 Å². The Hall–Kier alpha value is -1.81. The molecule has 0 fully saturated rings. The summed E-state index contributed by atoms with van der Waals surface area (Å²) in [7, 11) is 1.62. The Labute approximate surface area is 111 Å². The topological polar surface area (TPSA) is 61.0 Å². The first-order valence-electron chi connectivity index (χ1n) is 5.61. The van der Waals surface area contributed by atoms with E-state index in [9.17, 15) is 0 Å². The van der Waals surface area contributed by atoms with E-state index in [4.69, 9.17) is 22.1 Å². The maximum Gasteiger partial charge on any atom is 0.159 e. The number of aryl methyl sites for hydroxylation is 1. The molecule has 4 nitrogen and oxygen atoms in total. The van der Waals surface area contributed by atoms with Crippen molar-refractivity contribution in [1.29, 1.82) is 0 Å². The van der Waals surface area contributed by atoms with Crippen LogP contribution in [0.3, 0.4) is 0 Å². The molecule has 1 heterocycles. The minimum Gasteiger partial charge on any atom is -0.496 e. The molecule has 2 N–H and O–H groups in total. The van der Waals surface area contributed by atoms with Gasteiger partial charge in [-0.05, 0) is 30.2 Å². The molecule has 0 amide bonds. The van der Waals surface area contributed by atoms with E-state index >= 15 is 0 Å². The van der Waals surface area contributed by atoms with Gasteiger partial charge < -0.3 is 10.5 Å². The molecular weight excluding hydrogens is 250 g/mol. The van der Waals surface area contributed by atoms with Gasteiger partial charge in [0.2, 0.25) is 0 Å². The predicted octanol–water partition coefficient (Wildman–Crippen LogP) is 2.95. The zero-order valence-electron chi connectivity index (χ0n) is 10.3. The first kappa shape index (κ1) is 12.6. The molecule has 0 radical (unpaired) electrons.